The van der Waals surface area contributed by atoms with Gasteiger partial charge >= 0.3 is 30.0 Å². The predicted molar refractivity (Wildman–Crippen MR) is 364 cm³/mol. The number of H-pyrrole nitrogens is 2. The van der Waals surface area contributed by atoms with Crippen molar-refractivity contribution in [1.29, 1.82) is 0 Å². The molecule has 0 saturated carbocycles. The number of rotatable bonds is 35. The second-order valence-electron chi connectivity index (χ2n) is 22.6. The highest BCUT2D eigenvalue weighted by atomic mass is 35.5. The molecule has 97 heavy (non-hydrogen) atoms. The molecule has 5 atom stereocenters. The van der Waals surface area contributed by atoms with Crippen LogP contribution in [0.3, 0.4) is 0 Å². The molecule has 5 unspecified atom stereocenters. The Morgan fingerprint density at radius 3 is 2.10 bits per heavy atom. The minimum Gasteiger partial charge on any atom is -0.480 e. The number of halogens is 1. The van der Waals surface area contributed by atoms with Crippen molar-refractivity contribution in [3.05, 3.63) is 136 Å². The maximum absolute atomic E-state index is 14.4. The fraction of sp³-hybridized carbons (Fsp3) is 0.323. The number of nitrogen functional groups attached to an aromatic ring is 1. The summed E-state index contributed by atoms with van der Waals surface area (Å²) < 4.78 is 11.2. The van der Waals surface area contributed by atoms with E-state index < -0.39 is 71.9 Å². The fourth-order valence-electron chi connectivity index (χ4n) is 11.0. The highest BCUT2D eigenvalue weighted by molar-refractivity contribution is 8.76. The largest absolute Gasteiger partial charge is 0.513 e. The smallest absolute Gasteiger partial charge is 0.480 e. The van der Waals surface area contributed by atoms with Crippen LogP contribution in [0.1, 0.15) is 110 Å². The molecule has 510 valence electrons. The Kier molecular flexibility index (Phi) is 24.5. The molecule has 16 N–H and O–H groups in total. The third kappa shape index (κ3) is 18.8. The van der Waals surface area contributed by atoms with Gasteiger partial charge in [0.2, 0.25) is 5.91 Å². The molecule has 3 aromatic heterocycles. The number of nitrogens with one attached hydrogen (secondary N) is 8. The van der Waals surface area contributed by atoms with E-state index in [1.807, 2.05) is 18.2 Å². The number of carbonyl (C=O) groups is 10. The number of hydrogen-bond donors (Lipinski definition) is 14. The summed E-state index contributed by atoms with van der Waals surface area (Å²) in [5.41, 5.74) is 15.0. The van der Waals surface area contributed by atoms with Crippen molar-refractivity contribution < 1.29 is 77.8 Å². The molecule has 7 aromatic rings. The molecule has 0 radical (unpaired) electrons. The summed E-state index contributed by atoms with van der Waals surface area (Å²) in [7, 11) is 2.43. The molecule has 1 aliphatic carbocycles. The molecule has 1 aliphatic heterocycles. The van der Waals surface area contributed by atoms with Crippen LogP contribution in [0.4, 0.5) is 27.7 Å². The van der Waals surface area contributed by atoms with Crippen LogP contribution in [0.2, 0.25) is 0 Å². The Morgan fingerprint density at radius 2 is 1.41 bits per heavy atom. The molecular weight excluding hydrogens is 1320 g/mol. The Hall–Kier alpha value is -10.2. The zero-order valence-electron chi connectivity index (χ0n) is 51.9. The Bertz CT molecular complexity index is 4230. The van der Waals surface area contributed by atoms with E-state index in [4.69, 9.17) is 32.5 Å². The Labute approximate surface area is 565 Å². The molecule has 29 nitrogen and oxygen atoms in total. The molecule has 4 heterocycles. The van der Waals surface area contributed by atoms with Crippen molar-refractivity contribution in [2.24, 2.45) is 5.73 Å². The van der Waals surface area contributed by atoms with Crippen LogP contribution >= 0.6 is 33.2 Å². The molecule has 2 aliphatic rings. The van der Waals surface area contributed by atoms with Crippen LogP contribution < -0.4 is 63.6 Å². The van der Waals surface area contributed by atoms with Crippen molar-refractivity contribution in [1.82, 2.24) is 41.2 Å². The second kappa shape index (κ2) is 33.4. The highest BCUT2D eigenvalue weighted by Crippen LogP contribution is 2.46. The van der Waals surface area contributed by atoms with Gasteiger partial charge in [-0.2, -0.15) is 0 Å². The summed E-state index contributed by atoms with van der Waals surface area (Å²) >= 11 is 6.54. The molecule has 32 heteroatoms. The van der Waals surface area contributed by atoms with Gasteiger partial charge in [-0.05, 0) is 129 Å². The lowest BCUT2D eigenvalue weighted by molar-refractivity contribution is -0.143. The van der Waals surface area contributed by atoms with Gasteiger partial charge in [-0.3, -0.25) is 33.6 Å². The van der Waals surface area contributed by atoms with Gasteiger partial charge in [0.1, 0.15) is 47.9 Å². The number of carboxylic acid groups (broad SMARTS) is 4. The number of nitrogens with two attached hydrogens (primary N) is 2. The summed E-state index contributed by atoms with van der Waals surface area (Å²) in [4.78, 5) is 143. The average Bonchev–Trinajstić information content (AvgIpc) is 1.60. The van der Waals surface area contributed by atoms with E-state index in [0.717, 1.165) is 34.4 Å². The second-order valence-corrected chi connectivity index (χ2v) is 25.6. The van der Waals surface area contributed by atoms with Crippen LogP contribution in [0, 0.1) is 0 Å². The van der Waals surface area contributed by atoms with Gasteiger partial charge in [0.05, 0.1) is 24.1 Å². The number of hydrogen-bond acceptors (Lipinski definition) is 20. The average molecular weight is 1390 g/mol. The number of nitrogens with zero attached hydrogens (tertiary/aromatic N) is 3. The maximum Gasteiger partial charge on any atom is 0.513 e. The molecule has 9 rings (SSSR count). The predicted octanol–water partition coefficient (Wildman–Crippen LogP) is 5.10. The number of alkyl halides is 1. The minimum absolute atomic E-state index is 0.0140. The van der Waals surface area contributed by atoms with Gasteiger partial charge in [0.25, 0.3) is 23.6 Å². The number of primary amides is 1. The number of aromatic nitrogens is 4. The first-order valence-corrected chi connectivity index (χ1v) is 33.8. The molecule has 5 amide bonds. The molecule has 0 fully saturated rings. The fourth-order valence-corrected chi connectivity index (χ4v) is 13.2. The highest BCUT2D eigenvalue weighted by Gasteiger charge is 2.36. The first-order chi connectivity index (χ1) is 46.6. The minimum atomic E-state index is -1.38. The first kappa shape index (κ1) is 71.1. The zero-order chi connectivity index (χ0) is 69.3. The Morgan fingerprint density at radius 1 is 0.732 bits per heavy atom. The van der Waals surface area contributed by atoms with Crippen LogP contribution in [0.25, 0.3) is 33.8 Å². The van der Waals surface area contributed by atoms with Crippen molar-refractivity contribution in [2.75, 3.05) is 64.9 Å². The lowest BCUT2D eigenvalue weighted by atomic mass is 9.95. The maximum atomic E-state index is 14.4. The van der Waals surface area contributed by atoms with E-state index in [1.54, 1.807) is 59.5 Å². The van der Waals surface area contributed by atoms with Crippen molar-refractivity contribution in [3.63, 3.8) is 0 Å². The van der Waals surface area contributed by atoms with Crippen molar-refractivity contribution in [2.45, 2.75) is 88.0 Å². The van der Waals surface area contributed by atoms with Gasteiger partial charge in [-0.25, -0.2) is 24.4 Å². The number of aliphatic carboxylic acids is 4. The number of amides is 5. The van der Waals surface area contributed by atoms with Crippen LogP contribution in [0.15, 0.2) is 91.1 Å². The summed E-state index contributed by atoms with van der Waals surface area (Å²) in [6, 6.07) is 18.7. The van der Waals surface area contributed by atoms with Crippen molar-refractivity contribution in [3.8, 4) is 5.75 Å². The molecular formula is C65H70ClN13O16S2. The van der Waals surface area contributed by atoms with Gasteiger partial charge in [0.15, 0.2) is 11.5 Å². The van der Waals surface area contributed by atoms with E-state index in [2.05, 4.69) is 64.0 Å². The molecule has 0 spiro atoms. The van der Waals surface area contributed by atoms with Crippen LogP contribution in [-0.4, -0.2) is 168 Å². The Balaban J connectivity index is 0.667. The number of carbonyl (C=O) groups excluding carboxylic acids is 6. The normalized spacial score (nSPS) is 14.3. The number of anilines is 4. The molecule has 0 saturated heterocycles. The third-order valence-corrected chi connectivity index (χ3v) is 18.6. The van der Waals surface area contributed by atoms with E-state index in [-0.39, 0.29) is 135 Å². The van der Waals surface area contributed by atoms with Gasteiger partial charge in [-0.15, -0.1) is 11.6 Å². The zero-order valence-corrected chi connectivity index (χ0v) is 54.3. The summed E-state index contributed by atoms with van der Waals surface area (Å²) in [5.74, 6) is -7.82. The number of aromatic amines is 2. The standard InChI is InChI=1S/C65H70ClN13O16S2/c66-29-37-32-79(60(84)49-27-36-25-39(17-18-44(36)76-49)74-59(83)48-26-35-7-1-4-10-43(35)75-48)51-28-52(41-8-2-3-9-42(41)54(37)51)95-65(93)94-23-24-96-97-33-50(64(91)92)70-22-5-11-46(62(87)88)77-53(80)20-19-45(61(85)86)69-21-6-12-47(63(89)90)78-58(82)34-13-15-38(16-14-34)71-30-40-31-72-56(67)55(73-40)57(68)81/h2-3,7-10,13-18,25-28,31,37,45-47,50,69-71,75-76H,1,4-6,11-12,19-24,29-30,32-33H2,(H2,67,72)(H2,68,81)(H,74,83)(H,77,80)(H,78,82)(H,85,86)(H,87,88)(H,89,90)(H,91,92). The number of fused-ring (bicyclic) bond motifs is 5. The number of carboxylic acids is 4. The lowest BCUT2D eigenvalue weighted by Crippen LogP contribution is -2.44. The molecule has 0 bridgehead atoms. The first-order valence-electron chi connectivity index (χ1n) is 30.7. The lowest BCUT2D eigenvalue weighted by Gasteiger charge is -2.19. The van der Waals surface area contributed by atoms with Gasteiger partial charge < -0.3 is 88.1 Å². The quantitative estimate of drug-likeness (QED) is 0.00808. The molecule has 4 aromatic carbocycles. The van der Waals surface area contributed by atoms with E-state index in [1.165, 1.54) is 39.9 Å². The van der Waals surface area contributed by atoms with Gasteiger partial charge in [-0.1, -0.05) is 58.0 Å². The SMILES string of the molecule is NC(=O)c1nc(CNc2ccc(C(=O)NC(CCCNC(CCC(=O)NC(CCCNC(CSSCCOC(=O)Oc3cc4c(c5ccccc35)C(CCl)CN4C(=O)c3cc4cc(NC(=O)c5cc6c([nH]5)=CCCC=6)ccc4[nH]3)C(=O)O)C(=O)O)C(=O)O)C(=O)O)cc2)cnc1N. The third-order valence-electron chi connectivity index (χ3n) is 15.9. The van der Waals surface area contributed by atoms with E-state index >= 15 is 0 Å². The number of ether oxygens (including phenoxy) is 2. The van der Waals surface area contributed by atoms with E-state index in [0.29, 0.717) is 44.7 Å². The van der Waals surface area contributed by atoms with Crippen LogP contribution in [-0.2, 0) is 35.3 Å². The summed E-state index contributed by atoms with van der Waals surface area (Å²) in [6.45, 7) is 0.315. The van der Waals surface area contributed by atoms with Crippen LogP contribution in [0.5, 0.6) is 5.75 Å². The van der Waals surface area contributed by atoms with Crippen molar-refractivity contribution >= 4 is 149 Å². The monoisotopic (exact) mass is 1390 g/mol. The topological polar surface area (TPSA) is 455 Å². The summed E-state index contributed by atoms with van der Waals surface area (Å²) in [5, 5.41) is 59.8. The summed E-state index contributed by atoms with van der Waals surface area (Å²) in [6.07, 6.45) is 5.72. The van der Waals surface area contributed by atoms with Gasteiger partial charge in [0, 0.05) is 80.9 Å². The number of benzene rings is 4. The van der Waals surface area contributed by atoms with E-state index in [9.17, 15) is 68.4 Å².